The second-order valence-corrected chi connectivity index (χ2v) is 4.24. The molecule has 17 heavy (non-hydrogen) atoms. The van der Waals surface area contributed by atoms with Crippen molar-refractivity contribution in [3.05, 3.63) is 30.2 Å². The molecule has 0 bridgehead atoms. The summed E-state index contributed by atoms with van der Waals surface area (Å²) in [6.45, 7) is 0.123. The van der Waals surface area contributed by atoms with Crippen LogP contribution in [0.4, 0.5) is 0 Å². The maximum absolute atomic E-state index is 9.31. The lowest BCUT2D eigenvalue weighted by atomic mass is 10.1. The van der Waals surface area contributed by atoms with Gasteiger partial charge in [-0.05, 0) is 25.0 Å². The van der Waals surface area contributed by atoms with E-state index in [9.17, 15) is 5.11 Å². The molecular weight excluding hydrogens is 216 g/mol. The number of aryl methyl sites for hydroxylation is 1. The van der Waals surface area contributed by atoms with E-state index in [-0.39, 0.29) is 12.6 Å². The third-order valence-corrected chi connectivity index (χ3v) is 3.09. The van der Waals surface area contributed by atoms with E-state index >= 15 is 0 Å². The molecule has 3 heterocycles. The minimum Gasteiger partial charge on any atom is -0.394 e. The van der Waals surface area contributed by atoms with Gasteiger partial charge in [0.1, 0.15) is 11.5 Å². The van der Waals surface area contributed by atoms with E-state index in [4.69, 9.17) is 0 Å². The summed E-state index contributed by atoms with van der Waals surface area (Å²) in [6, 6.07) is 5.76. The summed E-state index contributed by atoms with van der Waals surface area (Å²) in [7, 11) is 0. The van der Waals surface area contributed by atoms with E-state index < -0.39 is 0 Å². The zero-order chi connectivity index (χ0) is 11.7. The van der Waals surface area contributed by atoms with E-state index in [1.54, 1.807) is 6.20 Å². The number of hydrogen-bond acceptors (Lipinski definition) is 4. The van der Waals surface area contributed by atoms with Gasteiger partial charge in [0, 0.05) is 12.6 Å². The third kappa shape index (κ3) is 1.82. The van der Waals surface area contributed by atoms with Crippen LogP contribution in [0.15, 0.2) is 24.4 Å². The minimum absolute atomic E-state index is 0.0729. The monoisotopic (exact) mass is 230 g/mol. The van der Waals surface area contributed by atoms with Crippen LogP contribution in [0.2, 0.25) is 0 Å². The van der Waals surface area contributed by atoms with Crippen LogP contribution >= 0.6 is 0 Å². The summed E-state index contributed by atoms with van der Waals surface area (Å²) >= 11 is 0. The smallest absolute Gasteiger partial charge is 0.200 e. The zero-order valence-electron chi connectivity index (χ0n) is 9.45. The van der Waals surface area contributed by atoms with Gasteiger partial charge in [-0.15, -0.1) is 5.10 Å². The van der Waals surface area contributed by atoms with Gasteiger partial charge in [0.15, 0.2) is 5.82 Å². The molecule has 1 atom stereocenters. The molecule has 5 heteroatoms. The van der Waals surface area contributed by atoms with Crippen LogP contribution in [-0.2, 0) is 6.42 Å². The van der Waals surface area contributed by atoms with Gasteiger partial charge in [0.2, 0.25) is 0 Å². The fourth-order valence-electron chi connectivity index (χ4n) is 2.21. The van der Waals surface area contributed by atoms with E-state index in [0.717, 1.165) is 30.8 Å². The molecule has 0 radical (unpaired) electrons. The van der Waals surface area contributed by atoms with Crippen LogP contribution in [0, 0.1) is 0 Å². The van der Waals surface area contributed by atoms with Crippen molar-refractivity contribution in [3.63, 3.8) is 0 Å². The predicted molar refractivity (Wildman–Crippen MR) is 62.3 cm³/mol. The predicted octanol–water partition coefficient (Wildman–Crippen LogP) is 1.21. The lowest BCUT2D eigenvalue weighted by Crippen LogP contribution is -2.21. The first-order valence-electron chi connectivity index (χ1n) is 5.86. The quantitative estimate of drug-likeness (QED) is 0.842. The van der Waals surface area contributed by atoms with Gasteiger partial charge in [-0.1, -0.05) is 6.07 Å². The number of nitrogens with zero attached hydrogens (tertiary/aromatic N) is 4. The summed E-state index contributed by atoms with van der Waals surface area (Å²) in [5.41, 5.74) is 0.783. The number of aliphatic hydroxyl groups is 1. The molecule has 1 aliphatic heterocycles. The maximum atomic E-state index is 9.31. The molecule has 88 valence electrons. The molecule has 3 rings (SSSR count). The summed E-state index contributed by atoms with van der Waals surface area (Å²) < 4.78 is 1.85. The van der Waals surface area contributed by atoms with Gasteiger partial charge in [-0.25, -0.2) is 9.67 Å². The Hall–Kier alpha value is -1.75. The molecule has 0 saturated carbocycles. The largest absolute Gasteiger partial charge is 0.394 e. The van der Waals surface area contributed by atoms with Crippen LogP contribution in [0.25, 0.3) is 11.5 Å². The minimum atomic E-state index is 0.0729. The van der Waals surface area contributed by atoms with Gasteiger partial charge in [0.05, 0.1) is 12.6 Å². The Kier molecular flexibility index (Phi) is 2.60. The molecule has 0 fully saturated rings. The molecule has 0 saturated heterocycles. The first-order valence-corrected chi connectivity index (χ1v) is 5.86. The van der Waals surface area contributed by atoms with E-state index in [0.29, 0.717) is 5.82 Å². The highest BCUT2D eigenvalue weighted by atomic mass is 16.3. The number of pyridine rings is 1. The molecule has 2 aromatic heterocycles. The van der Waals surface area contributed by atoms with Crippen LogP contribution in [-0.4, -0.2) is 31.5 Å². The molecule has 0 aliphatic carbocycles. The first kappa shape index (κ1) is 10.4. The average molecular weight is 230 g/mol. The fourth-order valence-corrected chi connectivity index (χ4v) is 2.21. The van der Waals surface area contributed by atoms with Gasteiger partial charge in [-0.3, -0.25) is 4.98 Å². The maximum Gasteiger partial charge on any atom is 0.200 e. The van der Waals surface area contributed by atoms with Gasteiger partial charge < -0.3 is 5.11 Å². The number of fused-ring (bicyclic) bond motifs is 1. The Bertz CT molecular complexity index is 508. The van der Waals surface area contributed by atoms with Gasteiger partial charge >= 0.3 is 0 Å². The van der Waals surface area contributed by atoms with Gasteiger partial charge in [-0.2, -0.15) is 0 Å². The standard InChI is InChI=1S/C12H14N4O/c17-8-9-4-3-6-11-14-12(15-16(9)11)10-5-1-2-7-13-10/h1-2,5,7,9,17H,3-4,6,8H2. The Labute approximate surface area is 99.1 Å². The van der Waals surface area contributed by atoms with Crippen molar-refractivity contribution in [2.24, 2.45) is 0 Å². The molecule has 0 aromatic carbocycles. The highest BCUT2D eigenvalue weighted by molar-refractivity contribution is 5.47. The average Bonchev–Trinajstić information content (AvgIpc) is 2.83. The van der Waals surface area contributed by atoms with E-state index in [2.05, 4.69) is 15.1 Å². The fraction of sp³-hybridized carbons (Fsp3) is 0.417. The molecular formula is C12H14N4O. The van der Waals surface area contributed by atoms with Crippen molar-refractivity contribution < 1.29 is 5.11 Å². The molecule has 1 unspecified atom stereocenters. The lowest BCUT2D eigenvalue weighted by molar-refractivity contribution is 0.195. The van der Waals surface area contributed by atoms with Crippen molar-refractivity contribution in [2.75, 3.05) is 6.61 Å². The molecule has 5 nitrogen and oxygen atoms in total. The zero-order valence-corrected chi connectivity index (χ0v) is 9.45. The number of rotatable bonds is 2. The second-order valence-electron chi connectivity index (χ2n) is 4.24. The van der Waals surface area contributed by atoms with Gasteiger partial charge in [0.25, 0.3) is 0 Å². The number of aromatic nitrogens is 4. The molecule has 1 aliphatic rings. The van der Waals surface area contributed by atoms with E-state index in [1.807, 2.05) is 22.9 Å². The Morgan fingerprint density at radius 3 is 3.12 bits per heavy atom. The third-order valence-electron chi connectivity index (χ3n) is 3.09. The Morgan fingerprint density at radius 1 is 1.41 bits per heavy atom. The van der Waals surface area contributed by atoms with Crippen molar-refractivity contribution in [2.45, 2.75) is 25.3 Å². The molecule has 2 aromatic rings. The lowest BCUT2D eigenvalue weighted by Gasteiger charge is -2.20. The summed E-state index contributed by atoms with van der Waals surface area (Å²) in [5.74, 6) is 1.61. The topological polar surface area (TPSA) is 63.8 Å². The van der Waals surface area contributed by atoms with Crippen LogP contribution in [0.5, 0.6) is 0 Å². The number of aliphatic hydroxyl groups excluding tert-OH is 1. The number of hydrogen-bond donors (Lipinski definition) is 1. The molecule has 1 N–H and O–H groups in total. The summed E-state index contributed by atoms with van der Waals surface area (Å²) in [6.07, 6.45) is 4.69. The highest BCUT2D eigenvalue weighted by Crippen LogP contribution is 2.24. The van der Waals surface area contributed by atoms with Crippen molar-refractivity contribution >= 4 is 0 Å². The van der Waals surface area contributed by atoms with Crippen molar-refractivity contribution in [3.8, 4) is 11.5 Å². The molecule has 0 spiro atoms. The Morgan fingerprint density at radius 2 is 2.35 bits per heavy atom. The Balaban J connectivity index is 2.02. The summed E-state index contributed by atoms with van der Waals surface area (Å²) in [4.78, 5) is 8.74. The van der Waals surface area contributed by atoms with Crippen molar-refractivity contribution in [1.82, 2.24) is 19.7 Å². The van der Waals surface area contributed by atoms with Crippen LogP contribution < -0.4 is 0 Å². The second kappa shape index (κ2) is 4.25. The molecule has 0 amide bonds. The first-order chi connectivity index (χ1) is 8.38. The normalized spacial score (nSPS) is 19.0. The van der Waals surface area contributed by atoms with Crippen molar-refractivity contribution in [1.29, 1.82) is 0 Å². The highest BCUT2D eigenvalue weighted by Gasteiger charge is 2.22. The van der Waals surface area contributed by atoms with Crippen LogP contribution in [0.3, 0.4) is 0 Å². The van der Waals surface area contributed by atoms with E-state index in [1.165, 1.54) is 0 Å². The van der Waals surface area contributed by atoms with Crippen LogP contribution in [0.1, 0.15) is 24.7 Å². The summed E-state index contributed by atoms with van der Waals surface area (Å²) in [5, 5.41) is 13.8. The SMILES string of the molecule is OCC1CCCc2nc(-c3ccccn3)nn21.